The summed E-state index contributed by atoms with van der Waals surface area (Å²) in [6.45, 7) is 7.95. The van der Waals surface area contributed by atoms with Crippen LogP contribution in [0.25, 0.3) is 10.6 Å². The van der Waals surface area contributed by atoms with Gasteiger partial charge in [-0.15, -0.1) is 11.3 Å². The van der Waals surface area contributed by atoms with Crippen LogP contribution in [0.3, 0.4) is 0 Å². The lowest BCUT2D eigenvalue weighted by atomic mass is 10.1. The maximum Gasteiger partial charge on any atom is 0.184 e. The second-order valence-corrected chi connectivity index (χ2v) is 8.32. The van der Waals surface area contributed by atoms with Gasteiger partial charge in [-0.05, 0) is 44.7 Å². The molecule has 2 atom stereocenters. The van der Waals surface area contributed by atoms with Gasteiger partial charge in [0.1, 0.15) is 5.69 Å². The second-order valence-electron chi connectivity index (χ2n) is 7.37. The highest BCUT2D eigenvalue weighted by Gasteiger charge is 2.20. The fraction of sp³-hybridized carbons (Fsp3) is 0.600. The van der Waals surface area contributed by atoms with Crippen molar-refractivity contribution in [3.63, 3.8) is 0 Å². The Morgan fingerprint density at radius 3 is 2.77 bits per heavy atom. The van der Waals surface area contributed by atoms with E-state index in [1.807, 2.05) is 17.5 Å². The predicted octanol–water partition coefficient (Wildman–Crippen LogP) is 4.22. The molecule has 142 valence electrons. The van der Waals surface area contributed by atoms with Crippen LogP contribution in [0.2, 0.25) is 0 Å². The van der Waals surface area contributed by atoms with Crippen molar-refractivity contribution in [3.8, 4) is 10.6 Å². The molecule has 2 unspecified atom stereocenters. The zero-order chi connectivity index (χ0) is 18.4. The van der Waals surface area contributed by atoms with E-state index in [0.717, 1.165) is 37.4 Å². The highest BCUT2D eigenvalue weighted by molar-refractivity contribution is 7.13. The Bertz CT molecular complexity index is 673. The van der Waals surface area contributed by atoms with Crippen LogP contribution in [0, 0.1) is 0 Å². The Kier molecular flexibility index (Phi) is 7.00. The number of thiophene rings is 1. The molecule has 0 aromatic carbocycles. The van der Waals surface area contributed by atoms with E-state index in [1.54, 1.807) is 17.4 Å². The van der Waals surface area contributed by atoms with Gasteiger partial charge < -0.3 is 14.7 Å². The van der Waals surface area contributed by atoms with Gasteiger partial charge in [-0.2, -0.15) is 0 Å². The molecule has 1 fully saturated rings. The Morgan fingerprint density at radius 1 is 1.27 bits per heavy atom. The number of unbranched alkanes of at least 4 members (excludes halogenated alkanes) is 3. The summed E-state index contributed by atoms with van der Waals surface area (Å²) in [7, 11) is 0. The number of ketones is 1. The van der Waals surface area contributed by atoms with Crippen LogP contribution in [0.15, 0.2) is 28.1 Å². The number of nitrogens with zero attached hydrogens (tertiary/aromatic N) is 2. The van der Waals surface area contributed by atoms with Crippen LogP contribution in [0.1, 0.15) is 56.4 Å². The van der Waals surface area contributed by atoms with Crippen LogP contribution >= 0.6 is 11.3 Å². The Hall–Kier alpha value is -1.50. The third-order valence-electron chi connectivity index (χ3n) is 4.82. The molecule has 0 radical (unpaired) electrons. The van der Waals surface area contributed by atoms with Crippen molar-refractivity contribution >= 4 is 17.1 Å². The molecule has 3 rings (SSSR count). The first-order chi connectivity index (χ1) is 12.6. The van der Waals surface area contributed by atoms with Gasteiger partial charge in [0.05, 0.1) is 4.88 Å². The molecule has 2 aromatic rings. The topological polar surface area (TPSA) is 58.4 Å². The zero-order valence-corrected chi connectivity index (χ0v) is 16.6. The zero-order valence-electron chi connectivity index (χ0n) is 15.7. The molecule has 0 amide bonds. The van der Waals surface area contributed by atoms with Gasteiger partial charge in [0.25, 0.3) is 0 Å². The molecule has 0 saturated carbocycles. The summed E-state index contributed by atoms with van der Waals surface area (Å²) in [5, 5.41) is 9.49. The summed E-state index contributed by atoms with van der Waals surface area (Å²) in [5.41, 5.74) is 0.456. The standard InChI is InChI=1S/C20H29N3O2S/c1-15-13-23(14-16(2)21-15)10-6-4-3-5-8-18(24)17-12-19(25-22-17)20-9-7-11-26-20/h7,9,11-12,15-16,21H,3-6,8,10,13-14H2,1-2H3. The predicted molar refractivity (Wildman–Crippen MR) is 106 cm³/mol. The largest absolute Gasteiger partial charge is 0.355 e. The quantitative estimate of drug-likeness (QED) is 0.525. The SMILES string of the molecule is CC1CN(CCCCCCC(=O)c2cc(-c3cccs3)on2)CC(C)N1. The summed E-state index contributed by atoms with van der Waals surface area (Å²) in [6.07, 6.45) is 4.96. The van der Waals surface area contributed by atoms with E-state index in [4.69, 9.17) is 4.52 Å². The van der Waals surface area contributed by atoms with Crippen molar-refractivity contribution in [1.82, 2.24) is 15.4 Å². The number of nitrogens with one attached hydrogen (secondary N) is 1. The molecule has 0 spiro atoms. The van der Waals surface area contributed by atoms with E-state index in [2.05, 4.69) is 29.2 Å². The number of carbonyl (C=O) groups excluding carboxylic acids is 1. The third kappa shape index (κ3) is 5.50. The Balaban J connectivity index is 1.31. The molecule has 0 aliphatic carbocycles. The summed E-state index contributed by atoms with van der Waals surface area (Å²) in [4.78, 5) is 15.8. The Morgan fingerprint density at radius 2 is 2.04 bits per heavy atom. The molecule has 5 nitrogen and oxygen atoms in total. The van der Waals surface area contributed by atoms with Gasteiger partial charge in [-0.1, -0.05) is 24.1 Å². The minimum absolute atomic E-state index is 0.0845. The van der Waals surface area contributed by atoms with Crippen molar-refractivity contribution in [1.29, 1.82) is 0 Å². The van der Waals surface area contributed by atoms with Crippen LogP contribution in [-0.2, 0) is 0 Å². The van der Waals surface area contributed by atoms with E-state index in [0.29, 0.717) is 30.0 Å². The number of hydrogen-bond donors (Lipinski definition) is 1. The normalized spacial score (nSPS) is 21.2. The molecule has 1 aliphatic rings. The van der Waals surface area contributed by atoms with Crippen LogP contribution in [-0.4, -0.2) is 47.6 Å². The van der Waals surface area contributed by atoms with Crippen molar-refractivity contribution < 1.29 is 9.32 Å². The number of aromatic nitrogens is 1. The van der Waals surface area contributed by atoms with Gasteiger partial charge in [0.2, 0.25) is 0 Å². The number of piperazine rings is 1. The second kappa shape index (κ2) is 9.44. The van der Waals surface area contributed by atoms with E-state index in [-0.39, 0.29) is 5.78 Å². The maximum absolute atomic E-state index is 12.2. The minimum Gasteiger partial charge on any atom is -0.355 e. The van der Waals surface area contributed by atoms with Gasteiger partial charge in [-0.25, -0.2) is 0 Å². The molecule has 2 aromatic heterocycles. The molecule has 0 bridgehead atoms. The number of Topliss-reactive ketones (excluding diaryl/α,β-unsaturated/α-hetero) is 1. The van der Waals surface area contributed by atoms with E-state index >= 15 is 0 Å². The van der Waals surface area contributed by atoms with Gasteiger partial charge in [-0.3, -0.25) is 4.79 Å². The molecule has 1 N–H and O–H groups in total. The molecular formula is C20H29N3O2S. The van der Waals surface area contributed by atoms with Gasteiger partial charge in [0, 0.05) is 37.7 Å². The summed E-state index contributed by atoms with van der Waals surface area (Å²) in [6, 6.07) is 6.86. The number of carbonyl (C=O) groups is 1. The Labute approximate surface area is 159 Å². The number of rotatable bonds is 9. The highest BCUT2D eigenvalue weighted by atomic mass is 32.1. The monoisotopic (exact) mass is 375 g/mol. The average Bonchev–Trinajstić information content (AvgIpc) is 3.27. The summed E-state index contributed by atoms with van der Waals surface area (Å²) in [5.74, 6) is 0.768. The van der Waals surface area contributed by atoms with Crippen LogP contribution < -0.4 is 5.32 Å². The van der Waals surface area contributed by atoms with E-state index < -0.39 is 0 Å². The minimum atomic E-state index is 0.0845. The van der Waals surface area contributed by atoms with Crippen molar-refractivity contribution in [2.75, 3.05) is 19.6 Å². The van der Waals surface area contributed by atoms with Gasteiger partial charge in [0.15, 0.2) is 11.5 Å². The highest BCUT2D eigenvalue weighted by Crippen LogP contribution is 2.25. The lowest BCUT2D eigenvalue weighted by molar-refractivity contribution is 0.0970. The molecule has 6 heteroatoms. The fourth-order valence-corrected chi connectivity index (χ4v) is 4.34. The molecule has 1 saturated heterocycles. The van der Waals surface area contributed by atoms with Gasteiger partial charge >= 0.3 is 0 Å². The fourth-order valence-electron chi connectivity index (χ4n) is 3.67. The first-order valence-corrected chi connectivity index (χ1v) is 10.5. The maximum atomic E-state index is 12.2. The van der Waals surface area contributed by atoms with Crippen molar-refractivity contribution in [2.45, 2.75) is 58.0 Å². The molecule has 3 heterocycles. The van der Waals surface area contributed by atoms with E-state index in [1.165, 1.54) is 12.8 Å². The van der Waals surface area contributed by atoms with Crippen LogP contribution in [0.4, 0.5) is 0 Å². The molecule has 1 aliphatic heterocycles. The first kappa shape index (κ1) is 19.3. The summed E-state index contributed by atoms with van der Waals surface area (Å²) >= 11 is 1.59. The van der Waals surface area contributed by atoms with Crippen molar-refractivity contribution in [2.24, 2.45) is 0 Å². The third-order valence-corrected chi connectivity index (χ3v) is 5.71. The molecule has 26 heavy (non-hydrogen) atoms. The molecular weight excluding hydrogens is 346 g/mol. The van der Waals surface area contributed by atoms with E-state index in [9.17, 15) is 4.79 Å². The first-order valence-electron chi connectivity index (χ1n) is 9.64. The number of hydrogen-bond acceptors (Lipinski definition) is 6. The van der Waals surface area contributed by atoms with Crippen LogP contribution in [0.5, 0.6) is 0 Å². The average molecular weight is 376 g/mol. The van der Waals surface area contributed by atoms with Crippen molar-refractivity contribution in [3.05, 3.63) is 29.3 Å². The lowest BCUT2D eigenvalue weighted by Gasteiger charge is -2.36. The summed E-state index contributed by atoms with van der Waals surface area (Å²) < 4.78 is 5.29. The smallest absolute Gasteiger partial charge is 0.184 e. The lowest BCUT2D eigenvalue weighted by Crippen LogP contribution is -2.54.